The van der Waals surface area contributed by atoms with Crippen molar-refractivity contribution in [1.82, 2.24) is 0 Å². The lowest BCUT2D eigenvalue weighted by Crippen LogP contribution is -2.10. The molecule has 17 heavy (non-hydrogen) atoms. The Balaban J connectivity index is 3.39. The maximum absolute atomic E-state index is 10.9. The molecule has 0 spiro atoms. The fourth-order valence-electron chi connectivity index (χ4n) is 1.34. The maximum atomic E-state index is 10.9. The normalized spacial score (nSPS) is 9.76. The number of rotatable bonds is 3. The van der Waals surface area contributed by atoms with Gasteiger partial charge in [0, 0.05) is 18.7 Å². The number of benzene rings is 1. The van der Waals surface area contributed by atoms with E-state index in [-0.39, 0.29) is 11.6 Å². The van der Waals surface area contributed by atoms with Gasteiger partial charge >= 0.3 is 5.97 Å². The summed E-state index contributed by atoms with van der Waals surface area (Å²) in [6.45, 7) is 2.81. The SMILES string of the molecule is CC(=O)Nc1cc(C(=O)O)c([N+](=O)[O-])cc1C. The van der Waals surface area contributed by atoms with Crippen LogP contribution in [0.5, 0.6) is 0 Å². The number of aryl methyl sites for hydroxylation is 1. The van der Waals surface area contributed by atoms with Crippen LogP contribution in [0.1, 0.15) is 22.8 Å². The second-order valence-electron chi connectivity index (χ2n) is 3.43. The number of anilines is 1. The van der Waals surface area contributed by atoms with Gasteiger partial charge in [0.1, 0.15) is 5.56 Å². The van der Waals surface area contributed by atoms with Gasteiger partial charge in [0.25, 0.3) is 5.69 Å². The summed E-state index contributed by atoms with van der Waals surface area (Å²) in [4.78, 5) is 31.6. The number of carbonyl (C=O) groups is 2. The van der Waals surface area contributed by atoms with Crippen LogP contribution in [-0.4, -0.2) is 21.9 Å². The average Bonchev–Trinajstić information content (AvgIpc) is 2.19. The van der Waals surface area contributed by atoms with Gasteiger partial charge in [0.2, 0.25) is 5.91 Å². The lowest BCUT2D eigenvalue weighted by Gasteiger charge is -2.07. The van der Waals surface area contributed by atoms with Gasteiger partial charge in [-0.3, -0.25) is 14.9 Å². The van der Waals surface area contributed by atoms with E-state index in [4.69, 9.17) is 5.11 Å². The van der Waals surface area contributed by atoms with Gasteiger partial charge in [-0.2, -0.15) is 0 Å². The van der Waals surface area contributed by atoms with E-state index in [2.05, 4.69) is 5.32 Å². The van der Waals surface area contributed by atoms with Crippen molar-refractivity contribution in [2.24, 2.45) is 0 Å². The molecule has 1 aromatic rings. The highest BCUT2D eigenvalue weighted by atomic mass is 16.6. The average molecular weight is 238 g/mol. The van der Waals surface area contributed by atoms with Crippen LogP contribution in [0.25, 0.3) is 0 Å². The Labute approximate surface area is 96.2 Å². The van der Waals surface area contributed by atoms with E-state index in [9.17, 15) is 19.7 Å². The molecule has 0 atom stereocenters. The molecule has 0 saturated carbocycles. The third kappa shape index (κ3) is 2.77. The zero-order chi connectivity index (χ0) is 13.2. The molecule has 0 radical (unpaired) electrons. The van der Waals surface area contributed by atoms with Crippen LogP contribution in [0.15, 0.2) is 12.1 Å². The van der Waals surface area contributed by atoms with E-state index < -0.39 is 22.1 Å². The van der Waals surface area contributed by atoms with Gasteiger partial charge in [0.05, 0.1) is 4.92 Å². The first-order valence-electron chi connectivity index (χ1n) is 4.63. The highest BCUT2D eigenvalue weighted by Gasteiger charge is 2.21. The largest absolute Gasteiger partial charge is 0.477 e. The second kappa shape index (κ2) is 4.60. The molecule has 0 aliphatic carbocycles. The molecule has 0 unspecified atom stereocenters. The molecule has 0 aliphatic rings. The summed E-state index contributed by atoms with van der Waals surface area (Å²) in [6, 6.07) is 2.20. The van der Waals surface area contributed by atoms with Crippen LogP contribution in [-0.2, 0) is 4.79 Å². The smallest absolute Gasteiger partial charge is 0.342 e. The molecule has 1 aromatic carbocycles. The summed E-state index contributed by atoms with van der Waals surface area (Å²) < 4.78 is 0. The summed E-state index contributed by atoms with van der Waals surface area (Å²) >= 11 is 0. The topological polar surface area (TPSA) is 110 Å². The first-order valence-corrected chi connectivity index (χ1v) is 4.63. The van der Waals surface area contributed by atoms with Crippen molar-refractivity contribution in [2.45, 2.75) is 13.8 Å². The number of nitrogens with one attached hydrogen (secondary N) is 1. The number of nitrogens with zero attached hydrogens (tertiary/aromatic N) is 1. The number of nitro groups is 1. The summed E-state index contributed by atoms with van der Waals surface area (Å²) in [6.07, 6.45) is 0. The molecular weight excluding hydrogens is 228 g/mol. The van der Waals surface area contributed by atoms with Crippen molar-refractivity contribution >= 4 is 23.3 Å². The summed E-state index contributed by atoms with van der Waals surface area (Å²) in [5, 5.41) is 21.9. The van der Waals surface area contributed by atoms with Crippen LogP contribution in [0, 0.1) is 17.0 Å². The van der Waals surface area contributed by atoms with Crippen molar-refractivity contribution in [3.05, 3.63) is 33.4 Å². The third-order valence-electron chi connectivity index (χ3n) is 2.08. The van der Waals surface area contributed by atoms with Crippen molar-refractivity contribution in [1.29, 1.82) is 0 Å². The minimum absolute atomic E-state index is 0.250. The summed E-state index contributed by atoms with van der Waals surface area (Å²) in [5.74, 6) is -1.79. The Hall–Kier alpha value is -2.44. The van der Waals surface area contributed by atoms with Crippen molar-refractivity contribution in [2.75, 3.05) is 5.32 Å². The van der Waals surface area contributed by atoms with Crippen LogP contribution in [0.2, 0.25) is 0 Å². The first-order chi connectivity index (χ1) is 7.82. The van der Waals surface area contributed by atoms with Gasteiger partial charge in [0.15, 0.2) is 0 Å². The second-order valence-corrected chi connectivity index (χ2v) is 3.43. The fourth-order valence-corrected chi connectivity index (χ4v) is 1.34. The van der Waals surface area contributed by atoms with E-state index in [1.54, 1.807) is 6.92 Å². The minimum atomic E-state index is -1.41. The minimum Gasteiger partial charge on any atom is -0.477 e. The van der Waals surface area contributed by atoms with Gasteiger partial charge < -0.3 is 10.4 Å². The number of hydrogen-bond donors (Lipinski definition) is 2. The standard InChI is InChI=1S/C10H10N2O5/c1-5-3-9(12(16)17)7(10(14)15)4-8(5)11-6(2)13/h3-4H,1-2H3,(H,11,13)(H,14,15). The Morgan fingerprint density at radius 2 is 2.00 bits per heavy atom. The van der Waals surface area contributed by atoms with Crippen molar-refractivity contribution < 1.29 is 19.6 Å². The molecule has 2 N–H and O–H groups in total. The molecule has 0 fully saturated rings. The molecule has 90 valence electrons. The van der Waals surface area contributed by atoms with Crippen LogP contribution < -0.4 is 5.32 Å². The molecule has 0 aromatic heterocycles. The zero-order valence-corrected chi connectivity index (χ0v) is 9.18. The van der Waals surface area contributed by atoms with E-state index in [0.29, 0.717) is 5.56 Å². The molecule has 1 rings (SSSR count). The Morgan fingerprint density at radius 3 is 2.41 bits per heavy atom. The molecule has 7 nitrogen and oxygen atoms in total. The van der Waals surface area contributed by atoms with E-state index in [1.807, 2.05) is 0 Å². The number of nitro benzene ring substituents is 1. The molecule has 0 saturated heterocycles. The lowest BCUT2D eigenvalue weighted by molar-refractivity contribution is -0.385. The monoisotopic (exact) mass is 238 g/mol. The molecule has 0 aliphatic heterocycles. The van der Waals surface area contributed by atoms with Crippen LogP contribution in [0.3, 0.4) is 0 Å². The van der Waals surface area contributed by atoms with Gasteiger partial charge in [-0.05, 0) is 18.6 Å². The predicted molar refractivity (Wildman–Crippen MR) is 59.1 cm³/mol. The predicted octanol–water partition coefficient (Wildman–Crippen LogP) is 1.56. The number of aromatic carboxylic acids is 1. The Morgan fingerprint density at radius 1 is 1.41 bits per heavy atom. The van der Waals surface area contributed by atoms with Gasteiger partial charge in [-0.1, -0.05) is 0 Å². The van der Waals surface area contributed by atoms with E-state index >= 15 is 0 Å². The number of amides is 1. The van der Waals surface area contributed by atoms with Crippen LogP contribution >= 0.6 is 0 Å². The molecule has 7 heteroatoms. The molecule has 1 amide bonds. The van der Waals surface area contributed by atoms with Crippen molar-refractivity contribution in [3.63, 3.8) is 0 Å². The summed E-state index contributed by atoms with van der Waals surface area (Å²) in [5.41, 5.74) is -0.272. The van der Waals surface area contributed by atoms with Crippen molar-refractivity contribution in [3.8, 4) is 0 Å². The summed E-state index contributed by atoms with van der Waals surface area (Å²) in [7, 11) is 0. The Kier molecular flexibility index (Phi) is 3.42. The number of hydrogen-bond acceptors (Lipinski definition) is 4. The zero-order valence-electron chi connectivity index (χ0n) is 9.18. The lowest BCUT2D eigenvalue weighted by atomic mass is 10.1. The number of carbonyl (C=O) groups excluding carboxylic acids is 1. The Bertz CT molecular complexity index is 510. The fraction of sp³-hybridized carbons (Fsp3) is 0.200. The van der Waals surface area contributed by atoms with Gasteiger partial charge in [-0.15, -0.1) is 0 Å². The van der Waals surface area contributed by atoms with Crippen LogP contribution in [0.4, 0.5) is 11.4 Å². The third-order valence-corrected chi connectivity index (χ3v) is 2.08. The first kappa shape index (κ1) is 12.6. The van der Waals surface area contributed by atoms with E-state index in [1.165, 1.54) is 6.92 Å². The molecule has 0 bridgehead atoms. The maximum Gasteiger partial charge on any atom is 0.342 e. The molecule has 0 heterocycles. The van der Waals surface area contributed by atoms with Gasteiger partial charge in [-0.25, -0.2) is 4.79 Å². The highest BCUT2D eigenvalue weighted by Crippen LogP contribution is 2.26. The quantitative estimate of drug-likeness (QED) is 0.613. The highest BCUT2D eigenvalue weighted by molar-refractivity contribution is 5.96. The number of carboxylic acids is 1. The molecular formula is C10H10N2O5. The van der Waals surface area contributed by atoms with E-state index in [0.717, 1.165) is 12.1 Å². The number of carboxylic acid groups (broad SMARTS) is 1.